The summed E-state index contributed by atoms with van der Waals surface area (Å²) in [5.74, 6) is -0.0559. The van der Waals surface area contributed by atoms with E-state index in [1.807, 2.05) is 30.3 Å². The SMILES string of the molecule is COc1ccc2c(c1)C(Cc1ccccc1)(Cc1ccccc1)/C(=C/C=C/C=C/C1=[N+](CCC(=O)O)c3ccc(C)cc3C1(Cc1ccccc1)Cc1ccccc1)N2CCOC=O. The molecule has 64 heavy (non-hydrogen) atoms. The largest absolute Gasteiger partial charge is 0.497 e. The number of carboxylic acids is 1. The number of hydrogen-bond acceptors (Lipinski definition) is 5. The van der Waals surface area contributed by atoms with Crippen LogP contribution in [0.3, 0.4) is 0 Å². The summed E-state index contributed by atoms with van der Waals surface area (Å²) in [5.41, 5.74) is 11.6. The highest BCUT2D eigenvalue weighted by molar-refractivity contribution is 6.04. The zero-order valence-corrected chi connectivity index (χ0v) is 36.6. The van der Waals surface area contributed by atoms with E-state index >= 15 is 0 Å². The maximum absolute atomic E-state index is 12.2. The second kappa shape index (κ2) is 19.9. The molecule has 0 amide bonds. The van der Waals surface area contributed by atoms with Crippen molar-refractivity contribution in [2.24, 2.45) is 0 Å². The maximum atomic E-state index is 12.2. The number of aliphatic carboxylic acids is 1. The number of ether oxygens (including phenoxy) is 2. The number of aryl methyl sites for hydroxylation is 1. The first-order valence-electron chi connectivity index (χ1n) is 22.0. The van der Waals surface area contributed by atoms with Crippen LogP contribution in [-0.4, -0.2) is 54.6 Å². The fourth-order valence-corrected chi connectivity index (χ4v) is 9.96. The highest BCUT2D eigenvalue weighted by Crippen LogP contribution is 2.53. The summed E-state index contributed by atoms with van der Waals surface area (Å²) in [5, 5.41) is 10.0. The van der Waals surface area contributed by atoms with Gasteiger partial charge < -0.3 is 19.5 Å². The lowest BCUT2D eigenvalue weighted by Gasteiger charge is -2.34. The third kappa shape index (κ3) is 9.25. The van der Waals surface area contributed by atoms with E-state index in [0.717, 1.165) is 65.3 Å². The third-order valence-electron chi connectivity index (χ3n) is 12.7. The molecule has 0 unspecified atom stereocenters. The number of benzene rings is 6. The number of nitrogens with zero attached hydrogens (tertiary/aromatic N) is 2. The molecule has 7 heteroatoms. The molecule has 1 N–H and O–H groups in total. The highest BCUT2D eigenvalue weighted by atomic mass is 16.5. The first kappa shape index (κ1) is 43.4. The van der Waals surface area contributed by atoms with Gasteiger partial charge in [0.1, 0.15) is 18.8 Å². The number of rotatable bonds is 19. The minimum Gasteiger partial charge on any atom is -0.497 e. The van der Waals surface area contributed by atoms with Crippen LogP contribution in [0.2, 0.25) is 0 Å². The minimum absolute atomic E-state index is 0.000738. The zero-order valence-electron chi connectivity index (χ0n) is 36.6. The Balaban J connectivity index is 1.28. The Morgan fingerprint density at radius 2 is 1.23 bits per heavy atom. The van der Waals surface area contributed by atoms with Gasteiger partial charge in [-0.05, 0) is 90.8 Å². The van der Waals surface area contributed by atoms with E-state index in [1.54, 1.807) is 7.11 Å². The Kier molecular flexibility index (Phi) is 13.5. The zero-order chi connectivity index (χ0) is 44.4. The van der Waals surface area contributed by atoms with Crippen molar-refractivity contribution in [3.63, 3.8) is 0 Å². The Labute approximate surface area is 377 Å². The molecule has 0 atom stereocenters. The van der Waals surface area contributed by atoms with Crippen LogP contribution in [0, 0.1) is 6.92 Å². The molecule has 2 aliphatic heterocycles. The molecule has 0 radical (unpaired) electrons. The molecule has 0 aromatic heterocycles. The standard InChI is InChI=1S/C57H54N2O5/c1-43-28-30-51-49(36-43)56(38-44-18-8-3-9-19-44,39-45-20-10-4-11-21-45)53(58(51)33-32-55(61)62)26-16-7-17-27-54-57(40-46-22-12-5-13-23-46,41-47-24-14-6-15-25-47)50-37-48(63-2)29-31-52(50)59(54)34-35-64-42-60/h3-31,36-37,42H,32-35,38-41H2,1-2H3/p+1. The summed E-state index contributed by atoms with van der Waals surface area (Å²) < 4.78 is 13.4. The summed E-state index contributed by atoms with van der Waals surface area (Å²) in [6.45, 7) is 3.66. The summed E-state index contributed by atoms with van der Waals surface area (Å²) >= 11 is 0. The molecule has 0 spiro atoms. The molecule has 0 fully saturated rings. The second-order valence-electron chi connectivity index (χ2n) is 16.8. The number of carbonyl (C=O) groups excluding carboxylic acids is 1. The molecule has 0 saturated heterocycles. The molecule has 2 heterocycles. The van der Waals surface area contributed by atoms with Crippen molar-refractivity contribution in [1.29, 1.82) is 0 Å². The van der Waals surface area contributed by atoms with Gasteiger partial charge in [-0.15, -0.1) is 0 Å². The first-order chi connectivity index (χ1) is 31.3. The smallest absolute Gasteiger partial charge is 0.309 e. The summed E-state index contributed by atoms with van der Waals surface area (Å²) in [7, 11) is 1.70. The van der Waals surface area contributed by atoms with Crippen molar-refractivity contribution in [3.05, 3.63) is 233 Å². The lowest BCUT2D eigenvalue weighted by molar-refractivity contribution is -0.436. The van der Waals surface area contributed by atoms with Gasteiger partial charge in [0.15, 0.2) is 12.3 Å². The highest BCUT2D eigenvalue weighted by Gasteiger charge is 2.51. The number of methoxy groups -OCH3 is 1. The van der Waals surface area contributed by atoms with Crippen molar-refractivity contribution in [2.75, 3.05) is 31.7 Å². The molecule has 322 valence electrons. The quantitative estimate of drug-likeness (QED) is 0.0379. The van der Waals surface area contributed by atoms with E-state index < -0.39 is 16.8 Å². The van der Waals surface area contributed by atoms with Crippen LogP contribution in [0.5, 0.6) is 5.75 Å². The molecule has 8 rings (SSSR count). The van der Waals surface area contributed by atoms with Crippen molar-refractivity contribution in [2.45, 2.75) is 49.9 Å². The monoisotopic (exact) mass is 847 g/mol. The van der Waals surface area contributed by atoms with Crippen molar-refractivity contribution in [1.82, 2.24) is 0 Å². The molecule has 6 aromatic rings. The number of hydrogen-bond donors (Lipinski definition) is 1. The maximum Gasteiger partial charge on any atom is 0.309 e. The van der Waals surface area contributed by atoms with E-state index in [2.05, 4.69) is 174 Å². The van der Waals surface area contributed by atoms with E-state index in [-0.39, 0.29) is 13.0 Å². The number of carboxylic acid groups (broad SMARTS) is 1. The average molecular weight is 848 g/mol. The van der Waals surface area contributed by atoms with E-state index in [0.29, 0.717) is 19.6 Å². The summed E-state index contributed by atoms with van der Waals surface area (Å²) in [6, 6.07) is 55.3. The summed E-state index contributed by atoms with van der Waals surface area (Å²) in [4.78, 5) is 26.0. The van der Waals surface area contributed by atoms with Gasteiger partial charge in [-0.1, -0.05) is 151 Å². The van der Waals surface area contributed by atoms with Gasteiger partial charge >= 0.3 is 5.97 Å². The van der Waals surface area contributed by atoms with E-state index in [9.17, 15) is 14.7 Å². The van der Waals surface area contributed by atoms with Crippen LogP contribution in [0.25, 0.3) is 0 Å². The van der Waals surface area contributed by atoms with Gasteiger partial charge in [-0.2, -0.15) is 4.58 Å². The van der Waals surface area contributed by atoms with E-state index in [4.69, 9.17) is 9.47 Å². The molecular weight excluding hydrogens is 793 g/mol. The first-order valence-corrected chi connectivity index (χ1v) is 22.0. The van der Waals surface area contributed by atoms with Gasteiger partial charge in [-0.3, -0.25) is 9.59 Å². The van der Waals surface area contributed by atoms with Gasteiger partial charge in [0, 0.05) is 34.5 Å². The lowest BCUT2D eigenvalue weighted by atomic mass is 9.68. The van der Waals surface area contributed by atoms with Crippen molar-refractivity contribution < 1.29 is 28.7 Å². The Morgan fingerprint density at radius 3 is 1.77 bits per heavy atom. The van der Waals surface area contributed by atoms with Crippen molar-refractivity contribution in [3.8, 4) is 5.75 Å². The molecule has 0 bridgehead atoms. The molecule has 7 nitrogen and oxygen atoms in total. The molecular formula is C57H55N2O5+. The normalized spacial score (nSPS) is 15.5. The number of anilines is 1. The fraction of sp³-hybridized carbons (Fsp3) is 0.211. The third-order valence-corrected chi connectivity index (χ3v) is 12.7. The van der Waals surface area contributed by atoms with Crippen LogP contribution in [0.1, 0.15) is 45.4 Å². The minimum atomic E-state index is -0.833. The Hall–Kier alpha value is -7.25. The van der Waals surface area contributed by atoms with Crippen LogP contribution in [-0.2, 0) is 50.8 Å². The fourth-order valence-electron chi connectivity index (χ4n) is 9.96. The van der Waals surface area contributed by atoms with Gasteiger partial charge in [0.2, 0.25) is 5.69 Å². The predicted octanol–water partition coefficient (Wildman–Crippen LogP) is 10.7. The number of allylic oxidation sites excluding steroid dienone is 6. The van der Waals surface area contributed by atoms with E-state index in [1.165, 1.54) is 27.8 Å². The topological polar surface area (TPSA) is 79.1 Å². The lowest BCUT2D eigenvalue weighted by Crippen LogP contribution is -2.39. The van der Waals surface area contributed by atoms with Crippen LogP contribution in [0.15, 0.2) is 194 Å². The number of fused-ring (bicyclic) bond motifs is 2. The van der Waals surface area contributed by atoms with Crippen LogP contribution < -0.4 is 9.64 Å². The van der Waals surface area contributed by atoms with Gasteiger partial charge in [0.25, 0.3) is 6.47 Å². The average Bonchev–Trinajstić information content (AvgIpc) is 3.70. The predicted molar refractivity (Wildman–Crippen MR) is 256 cm³/mol. The van der Waals surface area contributed by atoms with Crippen molar-refractivity contribution >= 4 is 29.5 Å². The Morgan fingerprint density at radius 1 is 0.672 bits per heavy atom. The Bertz CT molecular complexity index is 2600. The molecule has 0 aliphatic carbocycles. The molecule has 2 aliphatic rings. The summed E-state index contributed by atoms with van der Waals surface area (Å²) in [6.07, 6.45) is 13.6. The van der Waals surface area contributed by atoms with Crippen LogP contribution >= 0.6 is 0 Å². The molecule has 6 aromatic carbocycles. The van der Waals surface area contributed by atoms with Gasteiger partial charge in [0.05, 0.1) is 19.1 Å². The van der Waals surface area contributed by atoms with Gasteiger partial charge in [-0.25, -0.2) is 0 Å². The molecule has 0 saturated carbocycles. The second-order valence-corrected chi connectivity index (χ2v) is 16.8. The number of carbonyl (C=O) groups is 2. The van der Waals surface area contributed by atoms with Crippen LogP contribution in [0.4, 0.5) is 11.4 Å².